The number of benzene rings is 2. The second-order valence-electron chi connectivity index (χ2n) is 9.02. The third-order valence-corrected chi connectivity index (χ3v) is 7.66. The van der Waals surface area contributed by atoms with Crippen LogP contribution in [0.2, 0.25) is 0 Å². The van der Waals surface area contributed by atoms with Crippen molar-refractivity contribution >= 4 is 17.1 Å². The van der Waals surface area contributed by atoms with Crippen LogP contribution in [0.15, 0.2) is 54.6 Å². The molecule has 1 aromatic heterocycles. The van der Waals surface area contributed by atoms with Crippen LogP contribution < -0.4 is 0 Å². The number of aryl methyl sites for hydroxylation is 1. The van der Waals surface area contributed by atoms with Crippen LogP contribution in [0.3, 0.4) is 0 Å². The number of Topliss-reactive ketones (excluding diaryl/α,β-unsaturated/α-hetero) is 1. The summed E-state index contributed by atoms with van der Waals surface area (Å²) in [5.41, 5.74) is 2.97. The van der Waals surface area contributed by atoms with Gasteiger partial charge < -0.3 is 25.5 Å². The van der Waals surface area contributed by atoms with E-state index in [0.29, 0.717) is 0 Å². The van der Waals surface area contributed by atoms with Crippen molar-refractivity contribution in [2.75, 3.05) is 6.61 Å². The fourth-order valence-corrected chi connectivity index (χ4v) is 5.35. The molecule has 0 aliphatic rings. The van der Waals surface area contributed by atoms with Gasteiger partial charge in [0.05, 0.1) is 6.61 Å². The fourth-order valence-electron chi connectivity index (χ4n) is 4.19. The van der Waals surface area contributed by atoms with E-state index in [1.807, 2.05) is 19.1 Å². The average molecular weight is 517 g/mol. The minimum Gasteiger partial charge on any atom is -0.394 e. The van der Waals surface area contributed by atoms with Crippen molar-refractivity contribution in [1.29, 1.82) is 0 Å². The summed E-state index contributed by atoms with van der Waals surface area (Å²) in [4.78, 5) is 15.1. The van der Waals surface area contributed by atoms with Crippen molar-refractivity contribution in [3.63, 3.8) is 0 Å². The summed E-state index contributed by atoms with van der Waals surface area (Å²) in [6, 6.07) is 15.4. The molecule has 3 rings (SSSR count). The number of carbonyl (C=O) groups is 1. The van der Waals surface area contributed by atoms with E-state index in [2.05, 4.69) is 6.92 Å². The second kappa shape index (κ2) is 12.7. The second-order valence-corrected chi connectivity index (χ2v) is 10.1. The molecule has 1 heterocycles. The first-order valence-electron chi connectivity index (χ1n) is 12.0. The maximum absolute atomic E-state index is 13.4. The first kappa shape index (κ1) is 28.1. The standard InChI is InChI=1S/C28H33FO6S/c1-3-4-5-20(24-13-12-23(36-24)17-8-10-19(29)11-9-17)21-14-18(7-6-16(21)2)25(32)27(34)28(35)26(33)22(31)15-30/h6-14,20,22,26-28,30-31,33-35H,3-5,15H2,1-2H3/t20?,22-,26-,27+,28+/m1/s1. The molecule has 5 atom stereocenters. The number of hydrogen-bond donors (Lipinski definition) is 5. The van der Waals surface area contributed by atoms with Crippen LogP contribution in [0, 0.1) is 12.7 Å². The van der Waals surface area contributed by atoms with Crippen LogP contribution in [-0.4, -0.2) is 62.3 Å². The van der Waals surface area contributed by atoms with Crippen molar-refractivity contribution in [2.24, 2.45) is 0 Å². The molecule has 0 radical (unpaired) electrons. The van der Waals surface area contributed by atoms with Gasteiger partial charge in [-0.2, -0.15) is 0 Å². The van der Waals surface area contributed by atoms with Crippen LogP contribution in [0.25, 0.3) is 10.4 Å². The zero-order valence-electron chi connectivity index (χ0n) is 20.3. The molecular weight excluding hydrogens is 483 g/mol. The lowest BCUT2D eigenvalue weighted by Crippen LogP contribution is -2.48. The Labute approximate surface area is 214 Å². The van der Waals surface area contributed by atoms with Gasteiger partial charge in [-0.25, -0.2) is 4.39 Å². The largest absolute Gasteiger partial charge is 0.394 e. The number of carbonyl (C=O) groups excluding carboxylic acids is 1. The number of thiophene rings is 1. The first-order chi connectivity index (χ1) is 17.2. The predicted molar refractivity (Wildman–Crippen MR) is 138 cm³/mol. The van der Waals surface area contributed by atoms with Crippen molar-refractivity contribution in [1.82, 2.24) is 0 Å². The van der Waals surface area contributed by atoms with Crippen LogP contribution in [0.4, 0.5) is 4.39 Å². The topological polar surface area (TPSA) is 118 Å². The monoisotopic (exact) mass is 516 g/mol. The summed E-state index contributed by atoms with van der Waals surface area (Å²) >= 11 is 1.61. The SMILES string of the molecule is CCCCC(c1ccc(-c2ccc(F)cc2)s1)c1cc(C(=O)[C@H](O)[C@@H](O)[C@H](O)[C@H](O)CO)ccc1C. The van der Waals surface area contributed by atoms with Gasteiger partial charge in [-0.1, -0.05) is 44.0 Å². The Morgan fingerprint density at radius 1 is 0.972 bits per heavy atom. The number of aliphatic hydroxyl groups excluding tert-OH is 5. The first-order valence-corrected chi connectivity index (χ1v) is 12.8. The van der Waals surface area contributed by atoms with Gasteiger partial charge in [-0.3, -0.25) is 4.79 Å². The van der Waals surface area contributed by atoms with Crippen LogP contribution in [0.5, 0.6) is 0 Å². The molecule has 0 saturated heterocycles. The molecule has 3 aromatic rings. The molecule has 0 amide bonds. The maximum Gasteiger partial charge on any atom is 0.194 e. The van der Waals surface area contributed by atoms with E-state index >= 15 is 0 Å². The average Bonchev–Trinajstić information content (AvgIpc) is 3.38. The van der Waals surface area contributed by atoms with Gasteiger partial charge in [0, 0.05) is 21.2 Å². The molecular formula is C28H33FO6S. The minimum atomic E-state index is -1.97. The molecule has 0 aliphatic heterocycles. The van der Waals surface area contributed by atoms with E-state index in [-0.39, 0.29) is 17.3 Å². The number of halogens is 1. The number of unbranched alkanes of at least 4 members (excludes halogenated alkanes) is 1. The van der Waals surface area contributed by atoms with Crippen molar-refractivity contribution in [3.05, 3.63) is 82.0 Å². The molecule has 5 N–H and O–H groups in total. The molecule has 0 saturated carbocycles. The highest BCUT2D eigenvalue weighted by Crippen LogP contribution is 2.39. The van der Waals surface area contributed by atoms with E-state index in [1.54, 1.807) is 41.7 Å². The highest BCUT2D eigenvalue weighted by atomic mass is 32.1. The van der Waals surface area contributed by atoms with Crippen molar-refractivity contribution < 1.29 is 34.7 Å². The van der Waals surface area contributed by atoms with Crippen molar-refractivity contribution in [2.45, 2.75) is 63.4 Å². The minimum absolute atomic E-state index is 0.0132. The van der Waals surface area contributed by atoms with Gasteiger partial charge in [0.25, 0.3) is 0 Å². The highest BCUT2D eigenvalue weighted by Gasteiger charge is 2.35. The molecule has 194 valence electrons. The normalized spacial score (nSPS) is 15.8. The van der Waals surface area contributed by atoms with Crippen LogP contribution in [0.1, 0.15) is 58.5 Å². The molecule has 0 spiro atoms. The maximum atomic E-state index is 13.4. The molecule has 8 heteroatoms. The van der Waals surface area contributed by atoms with E-state index < -0.39 is 36.8 Å². The smallest absolute Gasteiger partial charge is 0.194 e. The lowest BCUT2D eigenvalue weighted by atomic mass is 9.86. The summed E-state index contributed by atoms with van der Waals surface area (Å²) in [7, 11) is 0. The Morgan fingerprint density at radius 2 is 1.67 bits per heavy atom. The molecule has 0 bridgehead atoms. The van der Waals surface area contributed by atoms with E-state index in [1.165, 1.54) is 12.1 Å². The van der Waals surface area contributed by atoms with E-state index in [9.17, 15) is 29.6 Å². The Bertz CT molecular complexity index is 1150. The molecule has 36 heavy (non-hydrogen) atoms. The van der Waals surface area contributed by atoms with Gasteiger partial charge in [0.15, 0.2) is 5.78 Å². The third kappa shape index (κ3) is 6.45. The highest BCUT2D eigenvalue weighted by molar-refractivity contribution is 7.15. The van der Waals surface area contributed by atoms with Crippen LogP contribution in [-0.2, 0) is 0 Å². The zero-order chi connectivity index (χ0) is 26.4. The van der Waals surface area contributed by atoms with Gasteiger partial charge in [0.2, 0.25) is 0 Å². The quantitative estimate of drug-likeness (QED) is 0.234. The lowest BCUT2D eigenvalue weighted by molar-refractivity contribution is -0.105. The molecule has 6 nitrogen and oxygen atoms in total. The van der Waals surface area contributed by atoms with Gasteiger partial charge in [0.1, 0.15) is 30.2 Å². The summed E-state index contributed by atoms with van der Waals surface area (Å²) in [6.45, 7) is 3.23. The summed E-state index contributed by atoms with van der Waals surface area (Å²) < 4.78 is 13.4. The summed E-state index contributed by atoms with van der Waals surface area (Å²) in [5, 5.41) is 49.0. The fraction of sp³-hybridized carbons (Fsp3) is 0.393. The van der Waals surface area contributed by atoms with Gasteiger partial charge in [-0.05, 0) is 60.4 Å². The number of rotatable bonds is 12. The predicted octanol–water partition coefficient (Wildman–Crippen LogP) is 3.80. The third-order valence-electron chi connectivity index (χ3n) is 6.41. The molecule has 0 aliphatic carbocycles. The molecule has 1 unspecified atom stereocenters. The molecule has 0 fully saturated rings. The Balaban J connectivity index is 1.93. The van der Waals surface area contributed by atoms with Gasteiger partial charge in [-0.15, -0.1) is 11.3 Å². The number of aliphatic hydroxyl groups is 5. The Hall–Kier alpha value is -2.46. The Morgan fingerprint density at radius 3 is 2.31 bits per heavy atom. The number of ketones is 1. The lowest BCUT2D eigenvalue weighted by Gasteiger charge is -2.25. The van der Waals surface area contributed by atoms with E-state index in [4.69, 9.17) is 5.11 Å². The molecule has 2 aromatic carbocycles. The summed E-state index contributed by atoms with van der Waals surface area (Å²) in [6.07, 6.45) is -4.73. The van der Waals surface area contributed by atoms with Crippen molar-refractivity contribution in [3.8, 4) is 10.4 Å². The summed E-state index contributed by atoms with van der Waals surface area (Å²) in [5.74, 6) is -1.10. The Kier molecular flexibility index (Phi) is 9.90. The number of hydrogen-bond acceptors (Lipinski definition) is 7. The zero-order valence-corrected chi connectivity index (χ0v) is 21.2. The van der Waals surface area contributed by atoms with Crippen LogP contribution >= 0.6 is 11.3 Å². The van der Waals surface area contributed by atoms with Gasteiger partial charge >= 0.3 is 0 Å². The van der Waals surface area contributed by atoms with E-state index in [0.717, 1.165) is 45.7 Å².